The first kappa shape index (κ1) is 23.5. The quantitative estimate of drug-likeness (QED) is 0.209. The van der Waals surface area contributed by atoms with Crippen LogP contribution in [0.15, 0.2) is 12.2 Å². The predicted octanol–water partition coefficient (Wildman–Crippen LogP) is -3.76. The molecule has 3 aliphatic rings. The van der Waals surface area contributed by atoms with E-state index in [1.807, 2.05) is 6.07 Å². The van der Waals surface area contributed by atoms with Gasteiger partial charge >= 0.3 is 0 Å². The Morgan fingerprint density at radius 3 is 2.23 bits per heavy atom. The molecule has 3 rings (SSSR count). The third kappa shape index (κ3) is 4.38. The summed E-state index contributed by atoms with van der Waals surface area (Å²) in [4.78, 5) is 0. The van der Waals surface area contributed by atoms with Crippen molar-refractivity contribution >= 4 is 0 Å². The van der Waals surface area contributed by atoms with Crippen LogP contribution in [0.2, 0.25) is 0 Å². The zero-order valence-corrected chi connectivity index (χ0v) is 16.1. The van der Waals surface area contributed by atoms with Gasteiger partial charge in [0.1, 0.15) is 48.8 Å². The van der Waals surface area contributed by atoms with E-state index >= 15 is 0 Å². The van der Waals surface area contributed by atoms with Crippen LogP contribution in [0.4, 0.5) is 0 Å². The van der Waals surface area contributed by atoms with Gasteiger partial charge in [-0.05, 0) is 13.0 Å². The molecule has 170 valence electrons. The average Bonchev–Trinajstić information content (AvgIpc) is 3.14. The van der Waals surface area contributed by atoms with E-state index < -0.39 is 79.7 Å². The van der Waals surface area contributed by atoms with Crippen LogP contribution in [0, 0.1) is 11.3 Å². The van der Waals surface area contributed by atoms with E-state index in [1.54, 1.807) is 0 Å². The molecular formula is C18H27NO11. The predicted molar refractivity (Wildman–Crippen MR) is 94.2 cm³/mol. The first-order valence-corrected chi connectivity index (χ1v) is 9.56. The zero-order valence-electron chi connectivity index (χ0n) is 16.1. The highest BCUT2D eigenvalue weighted by molar-refractivity contribution is 5.25. The van der Waals surface area contributed by atoms with Crippen molar-refractivity contribution in [3.63, 3.8) is 0 Å². The number of hydrogen-bond acceptors (Lipinski definition) is 12. The van der Waals surface area contributed by atoms with E-state index in [-0.39, 0.29) is 6.42 Å². The highest BCUT2D eigenvalue weighted by atomic mass is 16.7. The molecule has 12 nitrogen and oxygen atoms in total. The van der Waals surface area contributed by atoms with Crippen molar-refractivity contribution in [2.75, 3.05) is 6.61 Å². The van der Waals surface area contributed by atoms with Crippen LogP contribution < -0.4 is 0 Å². The second-order valence-electron chi connectivity index (χ2n) is 7.74. The summed E-state index contributed by atoms with van der Waals surface area (Å²) < 4.78 is 21.8. The van der Waals surface area contributed by atoms with Crippen LogP contribution in [0.25, 0.3) is 0 Å². The van der Waals surface area contributed by atoms with Gasteiger partial charge in [-0.1, -0.05) is 6.08 Å². The monoisotopic (exact) mass is 433 g/mol. The highest BCUT2D eigenvalue weighted by Gasteiger charge is 2.50. The van der Waals surface area contributed by atoms with Crippen molar-refractivity contribution < 1.29 is 54.7 Å². The number of ether oxygens (including phenoxy) is 4. The van der Waals surface area contributed by atoms with E-state index in [0.29, 0.717) is 0 Å². The first-order valence-electron chi connectivity index (χ1n) is 9.56. The Kier molecular flexibility index (Phi) is 7.12. The normalized spacial score (nSPS) is 51.6. The Bertz CT molecular complexity index is 669. The number of nitrogens with zero attached hydrogens (tertiary/aromatic N) is 1. The lowest BCUT2D eigenvalue weighted by molar-refractivity contribution is -0.319. The van der Waals surface area contributed by atoms with Crippen LogP contribution in [0.1, 0.15) is 13.3 Å². The molecule has 2 saturated heterocycles. The summed E-state index contributed by atoms with van der Waals surface area (Å²) in [7, 11) is 0. The molecule has 12 atom stereocenters. The highest BCUT2D eigenvalue weighted by Crippen LogP contribution is 2.35. The van der Waals surface area contributed by atoms with Crippen molar-refractivity contribution in [1.29, 1.82) is 5.26 Å². The number of aliphatic hydroxyl groups is 7. The molecule has 30 heavy (non-hydrogen) atoms. The van der Waals surface area contributed by atoms with Crippen molar-refractivity contribution in [2.24, 2.45) is 0 Å². The van der Waals surface area contributed by atoms with Crippen LogP contribution in [-0.4, -0.2) is 115 Å². The van der Waals surface area contributed by atoms with Gasteiger partial charge in [-0.3, -0.25) is 0 Å². The average molecular weight is 433 g/mol. The molecule has 1 aliphatic carbocycles. The van der Waals surface area contributed by atoms with Gasteiger partial charge < -0.3 is 54.7 Å². The van der Waals surface area contributed by atoms with Crippen LogP contribution in [-0.2, 0) is 18.9 Å². The van der Waals surface area contributed by atoms with E-state index in [2.05, 4.69) is 0 Å². The Labute approximate surface area is 172 Å². The smallest absolute Gasteiger partial charge is 0.189 e. The molecule has 0 saturated carbocycles. The maximum absolute atomic E-state index is 10.1. The third-order valence-electron chi connectivity index (χ3n) is 5.57. The molecule has 0 amide bonds. The molecule has 2 aliphatic heterocycles. The summed E-state index contributed by atoms with van der Waals surface area (Å²) in [5, 5.41) is 78.5. The van der Waals surface area contributed by atoms with E-state index in [0.717, 1.165) is 0 Å². The van der Waals surface area contributed by atoms with Gasteiger partial charge in [0.25, 0.3) is 0 Å². The SMILES string of the molecule is C[C@H]1O[C@@H](O[C@H]2C=C[C@@](C#N)(O[C@@H]3O[C@H](CO)[C@@H](O)[C@H](O)[C@H]3O)C2)[C@H](O)[C@H](O)[C@H]1O. The topological polar surface area (TPSA) is 202 Å². The molecule has 12 heteroatoms. The summed E-state index contributed by atoms with van der Waals surface area (Å²) in [6, 6.07) is 1.93. The summed E-state index contributed by atoms with van der Waals surface area (Å²) in [6.45, 7) is 0.859. The summed E-state index contributed by atoms with van der Waals surface area (Å²) in [5.74, 6) is 0. The van der Waals surface area contributed by atoms with Gasteiger partial charge in [0.2, 0.25) is 0 Å². The molecule has 0 unspecified atom stereocenters. The molecule has 0 aromatic heterocycles. The number of hydrogen-bond donors (Lipinski definition) is 7. The minimum Gasteiger partial charge on any atom is -0.394 e. The summed E-state index contributed by atoms with van der Waals surface area (Å²) >= 11 is 0. The fraction of sp³-hybridized carbons (Fsp3) is 0.833. The largest absolute Gasteiger partial charge is 0.394 e. The van der Waals surface area contributed by atoms with Gasteiger partial charge in [-0.15, -0.1) is 0 Å². The van der Waals surface area contributed by atoms with Crippen LogP contribution in [0.3, 0.4) is 0 Å². The lowest BCUT2D eigenvalue weighted by Gasteiger charge is -2.42. The second kappa shape index (κ2) is 9.11. The van der Waals surface area contributed by atoms with Crippen molar-refractivity contribution in [3.05, 3.63) is 12.2 Å². The van der Waals surface area contributed by atoms with E-state index in [4.69, 9.17) is 18.9 Å². The minimum absolute atomic E-state index is 0.0991. The van der Waals surface area contributed by atoms with Gasteiger partial charge in [-0.2, -0.15) is 5.26 Å². The Balaban J connectivity index is 1.65. The molecule has 2 fully saturated rings. The fourth-order valence-corrected chi connectivity index (χ4v) is 3.66. The second-order valence-corrected chi connectivity index (χ2v) is 7.74. The lowest BCUT2D eigenvalue weighted by Crippen LogP contribution is -2.60. The Morgan fingerprint density at radius 1 is 0.967 bits per heavy atom. The van der Waals surface area contributed by atoms with Gasteiger partial charge in [0.05, 0.1) is 18.8 Å². The van der Waals surface area contributed by atoms with Gasteiger partial charge in [-0.25, -0.2) is 0 Å². The molecular weight excluding hydrogens is 406 g/mol. The van der Waals surface area contributed by atoms with Crippen molar-refractivity contribution in [3.8, 4) is 6.07 Å². The van der Waals surface area contributed by atoms with Gasteiger partial charge in [0.15, 0.2) is 18.2 Å². The molecule has 0 aromatic carbocycles. The molecule has 0 spiro atoms. The standard InChI is InChI=1S/C18H27NO11/c1-7-10(21)12(23)14(25)16(27-7)28-8-2-3-18(4-8,6-19)30-17-15(26)13(24)11(22)9(5-20)29-17/h2-3,7-17,20-26H,4-5H2,1H3/t7-,8+,9-,10+,11-,12-,13+,14-,15-,16+,17+,18-/m1/s1. The number of rotatable bonds is 5. The minimum atomic E-state index is -1.68. The maximum atomic E-state index is 10.1. The molecule has 7 N–H and O–H groups in total. The van der Waals surface area contributed by atoms with E-state index in [9.17, 15) is 41.0 Å². The zero-order chi connectivity index (χ0) is 22.2. The maximum Gasteiger partial charge on any atom is 0.189 e. The lowest BCUT2D eigenvalue weighted by atomic mass is 9.98. The van der Waals surface area contributed by atoms with Crippen molar-refractivity contribution in [1.82, 2.24) is 0 Å². The summed E-state index contributed by atoms with van der Waals surface area (Å²) in [5.41, 5.74) is -1.64. The fourth-order valence-electron chi connectivity index (χ4n) is 3.66. The molecule has 2 heterocycles. The van der Waals surface area contributed by atoms with Crippen LogP contribution in [0.5, 0.6) is 0 Å². The molecule has 0 bridgehead atoms. The van der Waals surface area contributed by atoms with Crippen molar-refractivity contribution in [2.45, 2.75) is 86.5 Å². The van der Waals surface area contributed by atoms with Gasteiger partial charge in [0, 0.05) is 6.42 Å². The number of aliphatic hydroxyl groups excluding tert-OH is 7. The van der Waals surface area contributed by atoms with E-state index in [1.165, 1.54) is 19.1 Å². The van der Waals surface area contributed by atoms with Crippen LogP contribution >= 0.6 is 0 Å². The number of nitriles is 1. The summed E-state index contributed by atoms with van der Waals surface area (Å²) in [6.07, 6.45) is -12.0. The molecule has 0 aromatic rings. The first-order chi connectivity index (χ1) is 14.1. The Hall–Kier alpha value is -1.21. The Morgan fingerprint density at radius 2 is 1.60 bits per heavy atom. The molecule has 0 radical (unpaired) electrons. The third-order valence-corrected chi connectivity index (χ3v) is 5.57.